The van der Waals surface area contributed by atoms with Crippen LogP contribution in [0.4, 0.5) is 0 Å². The molecule has 0 aliphatic heterocycles. The van der Waals surface area contributed by atoms with E-state index in [9.17, 15) is 9.59 Å². The van der Waals surface area contributed by atoms with Crippen molar-refractivity contribution < 1.29 is 4.79 Å². The molecule has 1 saturated carbocycles. The summed E-state index contributed by atoms with van der Waals surface area (Å²) in [6, 6.07) is 1.76. The van der Waals surface area contributed by atoms with E-state index in [1.54, 1.807) is 6.07 Å². The van der Waals surface area contributed by atoms with Crippen molar-refractivity contribution in [3.8, 4) is 0 Å². The number of aromatic nitrogens is 2. The van der Waals surface area contributed by atoms with Crippen molar-refractivity contribution >= 4 is 11.5 Å². The molecule has 2 aliphatic rings. The van der Waals surface area contributed by atoms with E-state index < -0.39 is 5.56 Å². The Labute approximate surface area is 141 Å². The van der Waals surface area contributed by atoms with E-state index in [2.05, 4.69) is 27.7 Å². The maximum absolute atomic E-state index is 12.5. The molecule has 5 nitrogen and oxygen atoms in total. The molecule has 126 valence electrons. The maximum Gasteiger partial charge on any atom is 0.277 e. The zero-order chi connectivity index (χ0) is 16.8. The number of H-pyrrole nitrogens is 1. The maximum atomic E-state index is 12.5. The summed E-state index contributed by atoms with van der Waals surface area (Å²) in [5.74, 6) is -0.308. The van der Waals surface area contributed by atoms with Crippen LogP contribution in [-0.4, -0.2) is 22.1 Å². The molecule has 0 aromatic carbocycles. The first kappa shape index (κ1) is 16.4. The molecule has 1 amide bonds. The van der Waals surface area contributed by atoms with E-state index in [0.29, 0.717) is 5.69 Å². The first-order valence-corrected chi connectivity index (χ1v) is 8.68. The quantitative estimate of drug-likeness (QED) is 0.896. The number of amides is 1. The molecule has 0 spiro atoms. The number of allylic oxidation sites excluding steroid dienone is 6. The van der Waals surface area contributed by atoms with Gasteiger partial charge in [0.1, 0.15) is 5.56 Å². The average molecular weight is 325 g/mol. The van der Waals surface area contributed by atoms with Gasteiger partial charge >= 0.3 is 0 Å². The highest BCUT2D eigenvalue weighted by Gasteiger charge is 2.19. The Balaban J connectivity index is 1.83. The molecular formula is C19H23N3O2. The van der Waals surface area contributed by atoms with E-state index in [1.807, 2.05) is 18.2 Å². The highest BCUT2D eigenvalue weighted by atomic mass is 16.2. The van der Waals surface area contributed by atoms with Crippen LogP contribution in [0.25, 0.3) is 5.57 Å². The number of hydrogen-bond donors (Lipinski definition) is 2. The van der Waals surface area contributed by atoms with Crippen LogP contribution in [0, 0.1) is 0 Å². The van der Waals surface area contributed by atoms with Gasteiger partial charge in [0.15, 0.2) is 0 Å². The molecule has 5 heteroatoms. The second-order valence-electron chi connectivity index (χ2n) is 6.33. The molecule has 0 unspecified atom stereocenters. The minimum atomic E-state index is -0.446. The van der Waals surface area contributed by atoms with Gasteiger partial charge in [0.25, 0.3) is 11.5 Å². The molecule has 1 fully saturated rings. The van der Waals surface area contributed by atoms with E-state index in [0.717, 1.165) is 44.1 Å². The van der Waals surface area contributed by atoms with E-state index in [4.69, 9.17) is 0 Å². The van der Waals surface area contributed by atoms with Gasteiger partial charge in [-0.1, -0.05) is 49.6 Å². The SMILES string of the molecule is O=C(NC1CCCCC1)c1cc(C2=CC=CCCC=C2)n[nH]c1=O. The van der Waals surface area contributed by atoms with Crippen molar-refractivity contribution in [1.82, 2.24) is 15.5 Å². The Hall–Kier alpha value is -2.43. The highest BCUT2D eigenvalue weighted by Crippen LogP contribution is 2.18. The largest absolute Gasteiger partial charge is 0.349 e. The van der Waals surface area contributed by atoms with Crippen LogP contribution in [0.2, 0.25) is 0 Å². The van der Waals surface area contributed by atoms with Crippen molar-refractivity contribution in [3.05, 3.63) is 58.1 Å². The third-order valence-corrected chi connectivity index (χ3v) is 4.49. The Kier molecular flexibility index (Phi) is 5.41. The number of rotatable bonds is 3. The average Bonchev–Trinajstić information content (AvgIpc) is 2.56. The van der Waals surface area contributed by atoms with Crippen LogP contribution in [-0.2, 0) is 0 Å². The van der Waals surface area contributed by atoms with Gasteiger partial charge in [-0.15, -0.1) is 0 Å². The zero-order valence-corrected chi connectivity index (χ0v) is 13.8. The van der Waals surface area contributed by atoms with Gasteiger partial charge in [0.2, 0.25) is 0 Å². The van der Waals surface area contributed by atoms with Crippen LogP contribution < -0.4 is 10.9 Å². The lowest BCUT2D eigenvalue weighted by atomic mass is 9.95. The van der Waals surface area contributed by atoms with Crippen LogP contribution in [0.5, 0.6) is 0 Å². The summed E-state index contributed by atoms with van der Waals surface area (Å²) in [4.78, 5) is 24.5. The normalized spacial score (nSPS) is 18.6. The molecule has 2 N–H and O–H groups in total. The van der Waals surface area contributed by atoms with Gasteiger partial charge in [-0.3, -0.25) is 9.59 Å². The second kappa shape index (κ2) is 7.90. The molecule has 2 aliphatic carbocycles. The monoisotopic (exact) mass is 325 g/mol. The molecule has 1 aromatic heterocycles. The van der Waals surface area contributed by atoms with Crippen molar-refractivity contribution in [1.29, 1.82) is 0 Å². The van der Waals surface area contributed by atoms with E-state index in [-0.39, 0.29) is 17.5 Å². The topological polar surface area (TPSA) is 74.8 Å². The Morgan fingerprint density at radius 1 is 1.17 bits per heavy atom. The van der Waals surface area contributed by atoms with Crippen LogP contribution >= 0.6 is 0 Å². The minimum absolute atomic E-state index is 0.130. The summed E-state index contributed by atoms with van der Waals surface area (Å²) in [6.45, 7) is 0. The summed E-state index contributed by atoms with van der Waals surface area (Å²) in [5, 5.41) is 9.54. The smallest absolute Gasteiger partial charge is 0.277 e. The van der Waals surface area contributed by atoms with E-state index >= 15 is 0 Å². The first-order chi connectivity index (χ1) is 11.7. The summed E-state index contributed by atoms with van der Waals surface area (Å²) < 4.78 is 0. The summed E-state index contributed by atoms with van der Waals surface area (Å²) >= 11 is 0. The van der Waals surface area contributed by atoms with Crippen LogP contribution in [0.15, 0.2) is 41.2 Å². The molecule has 0 saturated heterocycles. The molecule has 1 aromatic rings. The molecular weight excluding hydrogens is 302 g/mol. The summed E-state index contributed by atoms with van der Waals surface area (Å²) in [6.07, 6.45) is 17.5. The summed E-state index contributed by atoms with van der Waals surface area (Å²) in [7, 11) is 0. The van der Waals surface area contributed by atoms with Crippen molar-refractivity contribution in [2.45, 2.75) is 51.0 Å². The minimum Gasteiger partial charge on any atom is -0.349 e. The number of carbonyl (C=O) groups is 1. The first-order valence-electron chi connectivity index (χ1n) is 8.68. The fourth-order valence-corrected chi connectivity index (χ4v) is 3.13. The Morgan fingerprint density at radius 3 is 2.79 bits per heavy atom. The molecule has 3 rings (SSSR count). The van der Waals surface area contributed by atoms with Crippen molar-refractivity contribution in [2.75, 3.05) is 0 Å². The lowest BCUT2D eigenvalue weighted by Crippen LogP contribution is -2.38. The Morgan fingerprint density at radius 2 is 1.96 bits per heavy atom. The third kappa shape index (κ3) is 4.10. The van der Waals surface area contributed by atoms with E-state index in [1.165, 1.54) is 6.42 Å². The van der Waals surface area contributed by atoms with Gasteiger partial charge in [-0.25, -0.2) is 5.10 Å². The van der Waals surface area contributed by atoms with Gasteiger partial charge in [-0.05, 0) is 31.7 Å². The van der Waals surface area contributed by atoms with Crippen molar-refractivity contribution in [3.63, 3.8) is 0 Å². The number of hydrogen-bond acceptors (Lipinski definition) is 3. The van der Waals surface area contributed by atoms with Gasteiger partial charge in [0, 0.05) is 11.6 Å². The molecule has 1 heterocycles. The van der Waals surface area contributed by atoms with Gasteiger partial charge < -0.3 is 5.32 Å². The highest BCUT2D eigenvalue weighted by molar-refractivity contribution is 5.94. The van der Waals surface area contributed by atoms with Gasteiger partial charge in [-0.2, -0.15) is 5.10 Å². The number of aromatic amines is 1. The number of nitrogens with one attached hydrogen (secondary N) is 2. The fourth-order valence-electron chi connectivity index (χ4n) is 3.13. The van der Waals surface area contributed by atoms with Crippen molar-refractivity contribution in [2.24, 2.45) is 0 Å². The molecule has 0 atom stereocenters. The predicted octanol–water partition coefficient (Wildman–Crippen LogP) is 3.12. The second-order valence-corrected chi connectivity index (χ2v) is 6.33. The molecule has 0 radical (unpaired) electrons. The van der Waals surface area contributed by atoms with Crippen LogP contribution in [0.3, 0.4) is 0 Å². The Bertz CT molecular complexity index is 737. The zero-order valence-electron chi connectivity index (χ0n) is 13.8. The van der Waals surface area contributed by atoms with Crippen LogP contribution in [0.1, 0.15) is 61.0 Å². The van der Waals surface area contributed by atoms with Gasteiger partial charge in [0.05, 0.1) is 5.69 Å². The lowest BCUT2D eigenvalue weighted by molar-refractivity contribution is 0.0926. The number of carbonyl (C=O) groups excluding carboxylic acids is 1. The molecule has 0 bridgehead atoms. The number of nitrogens with zero attached hydrogens (tertiary/aromatic N) is 1. The summed E-state index contributed by atoms with van der Waals surface area (Å²) in [5.41, 5.74) is 1.17. The standard InChI is InChI=1S/C19H23N3O2/c23-18(20-15-11-7-4-8-12-15)16-13-17(21-22-19(16)24)14-9-5-2-1-3-6-10-14/h2,5-6,9-10,13,15H,1,3-4,7-8,11-12H2,(H,20,23)(H,22,24). The fraction of sp³-hybridized carbons (Fsp3) is 0.421. The lowest BCUT2D eigenvalue weighted by Gasteiger charge is -2.22. The third-order valence-electron chi connectivity index (χ3n) is 4.49. The molecule has 24 heavy (non-hydrogen) atoms. The predicted molar refractivity (Wildman–Crippen MR) is 94.7 cm³/mol.